The number of aldehydes is 1. The number of unbranched alkanes of at least 4 members (excludes halogenated alkanes) is 11. The fraction of sp³-hybridized carbons (Fsp3) is 0.917. The summed E-state index contributed by atoms with van der Waals surface area (Å²) in [6.07, 6.45) is 24.2. The van der Waals surface area contributed by atoms with E-state index in [0.29, 0.717) is 12.2 Å². The summed E-state index contributed by atoms with van der Waals surface area (Å²) in [5, 5.41) is 0. The van der Waals surface area contributed by atoms with Crippen molar-refractivity contribution < 1.29 is 9.59 Å². The molecule has 2 rings (SSSR count). The highest BCUT2D eigenvalue weighted by Crippen LogP contribution is 2.47. The molecular formula is C24H43NO2. The van der Waals surface area contributed by atoms with Crippen LogP contribution in [0.1, 0.15) is 122 Å². The minimum absolute atomic E-state index is 0.124. The fourth-order valence-electron chi connectivity index (χ4n) is 4.65. The highest BCUT2D eigenvalue weighted by Gasteiger charge is 2.41. The van der Waals surface area contributed by atoms with Crippen LogP contribution in [0.25, 0.3) is 0 Å². The Morgan fingerprint density at radius 3 is 1.89 bits per heavy atom. The molecule has 2 unspecified atom stereocenters. The van der Waals surface area contributed by atoms with Crippen molar-refractivity contribution in [2.24, 2.45) is 17.1 Å². The molecule has 2 atom stereocenters. The summed E-state index contributed by atoms with van der Waals surface area (Å²) < 4.78 is 0. The normalized spacial score (nSPS) is 24.1. The second-order valence-corrected chi connectivity index (χ2v) is 9.46. The van der Waals surface area contributed by atoms with Crippen LogP contribution in [0.2, 0.25) is 0 Å². The van der Waals surface area contributed by atoms with Gasteiger partial charge in [0.05, 0.1) is 0 Å². The number of rotatable bonds is 16. The third kappa shape index (κ3) is 9.36. The molecule has 0 bridgehead atoms. The Labute approximate surface area is 167 Å². The molecule has 0 aromatic carbocycles. The monoisotopic (exact) mass is 377 g/mol. The van der Waals surface area contributed by atoms with Gasteiger partial charge in [0.2, 0.25) is 0 Å². The molecule has 0 radical (unpaired) electrons. The second kappa shape index (κ2) is 12.7. The van der Waals surface area contributed by atoms with E-state index in [4.69, 9.17) is 5.73 Å². The van der Waals surface area contributed by atoms with Gasteiger partial charge in [0.25, 0.3) is 0 Å². The van der Waals surface area contributed by atoms with Crippen molar-refractivity contribution >= 4 is 12.1 Å². The molecule has 156 valence electrons. The molecule has 2 aliphatic carbocycles. The third-order valence-electron chi connectivity index (χ3n) is 6.92. The van der Waals surface area contributed by atoms with Crippen molar-refractivity contribution in [2.75, 3.05) is 0 Å². The van der Waals surface area contributed by atoms with Gasteiger partial charge in [0, 0.05) is 23.8 Å². The van der Waals surface area contributed by atoms with Gasteiger partial charge in [-0.3, -0.25) is 4.79 Å². The number of carbonyl (C=O) groups is 2. The molecular weight excluding hydrogens is 334 g/mol. The van der Waals surface area contributed by atoms with E-state index in [1.54, 1.807) is 0 Å². The Morgan fingerprint density at radius 2 is 1.37 bits per heavy atom. The lowest BCUT2D eigenvalue weighted by molar-refractivity contribution is -0.125. The summed E-state index contributed by atoms with van der Waals surface area (Å²) in [5.41, 5.74) is 6.12. The molecule has 0 saturated heterocycles. The van der Waals surface area contributed by atoms with Crippen LogP contribution in [-0.4, -0.2) is 18.1 Å². The van der Waals surface area contributed by atoms with Gasteiger partial charge in [-0.15, -0.1) is 0 Å². The number of hydrogen-bond donors (Lipinski definition) is 1. The maximum atomic E-state index is 11.9. The van der Waals surface area contributed by atoms with Gasteiger partial charge in [0.1, 0.15) is 12.1 Å². The van der Waals surface area contributed by atoms with E-state index in [-0.39, 0.29) is 17.4 Å². The predicted octanol–water partition coefficient (Wildman–Crippen LogP) is 6.12. The first-order chi connectivity index (χ1) is 13.2. The fourth-order valence-corrected chi connectivity index (χ4v) is 4.65. The van der Waals surface area contributed by atoms with Crippen molar-refractivity contribution in [2.45, 2.75) is 128 Å². The van der Waals surface area contributed by atoms with E-state index in [0.717, 1.165) is 38.5 Å². The van der Waals surface area contributed by atoms with E-state index in [9.17, 15) is 9.59 Å². The Balaban J connectivity index is 1.28. The summed E-state index contributed by atoms with van der Waals surface area (Å²) >= 11 is 0. The van der Waals surface area contributed by atoms with Gasteiger partial charge in [-0.1, -0.05) is 77.0 Å². The molecule has 3 nitrogen and oxygen atoms in total. The largest absolute Gasteiger partial charge is 0.328 e. The first-order valence-corrected chi connectivity index (χ1v) is 11.9. The number of nitrogens with two attached hydrogens (primary N) is 1. The van der Waals surface area contributed by atoms with Crippen LogP contribution in [0.4, 0.5) is 0 Å². The SMILES string of the molecule is NC1CCC(=O)C(CCCCCCCCCCCCCCC2(C=O)CC2)C1. The summed E-state index contributed by atoms with van der Waals surface area (Å²) in [7, 11) is 0. The van der Waals surface area contributed by atoms with E-state index < -0.39 is 0 Å². The molecule has 2 N–H and O–H groups in total. The van der Waals surface area contributed by atoms with E-state index in [1.165, 1.54) is 83.3 Å². The Kier molecular flexibility index (Phi) is 10.6. The van der Waals surface area contributed by atoms with Gasteiger partial charge in [-0.05, 0) is 38.5 Å². The number of ketones is 1. The molecule has 0 amide bonds. The smallest absolute Gasteiger partial charge is 0.136 e. The molecule has 0 aromatic heterocycles. The summed E-state index contributed by atoms with van der Waals surface area (Å²) in [6.45, 7) is 0. The molecule has 27 heavy (non-hydrogen) atoms. The maximum Gasteiger partial charge on any atom is 0.136 e. The van der Waals surface area contributed by atoms with E-state index >= 15 is 0 Å². The van der Waals surface area contributed by atoms with Crippen LogP contribution in [-0.2, 0) is 9.59 Å². The highest BCUT2D eigenvalue weighted by atomic mass is 16.1. The lowest BCUT2D eigenvalue weighted by Gasteiger charge is -2.25. The van der Waals surface area contributed by atoms with Crippen LogP contribution in [0.5, 0.6) is 0 Å². The molecule has 2 aliphatic rings. The van der Waals surface area contributed by atoms with Crippen LogP contribution >= 0.6 is 0 Å². The highest BCUT2D eigenvalue weighted by molar-refractivity contribution is 5.81. The zero-order valence-corrected chi connectivity index (χ0v) is 17.6. The molecule has 2 saturated carbocycles. The zero-order valence-electron chi connectivity index (χ0n) is 17.6. The zero-order chi connectivity index (χ0) is 19.4. The van der Waals surface area contributed by atoms with Gasteiger partial charge < -0.3 is 10.5 Å². The van der Waals surface area contributed by atoms with Crippen LogP contribution in [0.15, 0.2) is 0 Å². The van der Waals surface area contributed by atoms with Gasteiger partial charge in [-0.2, -0.15) is 0 Å². The third-order valence-corrected chi connectivity index (χ3v) is 6.92. The molecule has 0 aliphatic heterocycles. The van der Waals surface area contributed by atoms with Gasteiger partial charge in [-0.25, -0.2) is 0 Å². The van der Waals surface area contributed by atoms with E-state index in [1.807, 2.05) is 0 Å². The first-order valence-electron chi connectivity index (χ1n) is 11.9. The van der Waals surface area contributed by atoms with Gasteiger partial charge >= 0.3 is 0 Å². The number of carbonyl (C=O) groups excluding carboxylic acids is 2. The molecule has 0 aromatic rings. The maximum absolute atomic E-state index is 11.9. The van der Waals surface area contributed by atoms with Crippen LogP contribution in [0, 0.1) is 11.3 Å². The number of Topliss-reactive ketones (excluding diaryl/α,β-unsaturated/α-hetero) is 1. The first kappa shape index (κ1) is 22.6. The topological polar surface area (TPSA) is 60.2 Å². The van der Waals surface area contributed by atoms with Crippen molar-refractivity contribution in [3.63, 3.8) is 0 Å². The Hall–Kier alpha value is -0.700. The standard InChI is InChI=1S/C24H43NO2/c25-22-14-15-23(27)21(19-22)13-11-9-7-5-3-1-2-4-6-8-10-12-16-24(20-26)17-18-24/h20-22H,1-19,25H2. The average molecular weight is 378 g/mol. The lowest BCUT2D eigenvalue weighted by atomic mass is 9.82. The predicted molar refractivity (Wildman–Crippen MR) is 113 cm³/mol. The molecule has 0 heterocycles. The van der Waals surface area contributed by atoms with E-state index in [2.05, 4.69) is 0 Å². The summed E-state index contributed by atoms with van der Waals surface area (Å²) in [6, 6.07) is 0.263. The lowest BCUT2D eigenvalue weighted by Crippen LogP contribution is -2.33. The number of hydrogen-bond acceptors (Lipinski definition) is 3. The Morgan fingerprint density at radius 1 is 0.852 bits per heavy atom. The minimum Gasteiger partial charge on any atom is -0.328 e. The van der Waals surface area contributed by atoms with Crippen LogP contribution in [0.3, 0.4) is 0 Å². The van der Waals surface area contributed by atoms with Crippen molar-refractivity contribution in [1.29, 1.82) is 0 Å². The quantitative estimate of drug-likeness (QED) is 0.260. The molecule has 3 heteroatoms. The van der Waals surface area contributed by atoms with Crippen molar-refractivity contribution in [1.82, 2.24) is 0 Å². The summed E-state index contributed by atoms with van der Waals surface area (Å²) in [4.78, 5) is 22.8. The minimum atomic E-state index is 0.124. The van der Waals surface area contributed by atoms with Crippen LogP contribution < -0.4 is 5.73 Å². The van der Waals surface area contributed by atoms with Crippen molar-refractivity contribution in [3.05, 3.63) is 0 Å². The Bertz CT molecular complexity index is 430. The van der Waals surface area contributed by atoms with Gasteiger partial charge in [0.15, 0.2) is 0 Å². The molecule has 0 spiro atoms. The molecule has 2 fully saturated rings. The average Bonchev–Trinajstić information content (AvgIpc) is 3.45. The van der Waals surface area contributed by atoms with Crippen molar-refractivity contribution in [3.8, 4) is 0 Å². The summed E-state index contributed by atoms with van der Waals surface area (Å²) in [5.74, 6) is 0.731. The second-order valence-electron chi connectivity index (χ2n) is 9.46.